The van der Waals surface area contributed by atoms with Crippen LogP contribution < -0.4 is 10.6 Å². The maximum absolute atomic E-state index is 8.86. The van der Waals surface area contributed by atoms with Crippen LogP contribution >= 0.6 is 15.9 Å². The zero-order chi connectivity index (χ0) is 17.4. The van der Waals surface area contributed by atoms with E-state index in [1.54, 1.807) is 19.3 Å². The van der Waals surface area contributed by atoms with Gasteiger partial charge in [0.25, 0.3) is 0 Å². The fraction of sp³-hybridized carbons (Fsp3) is 0.529. The van der Waals surface area contributed by atoms with E-state index in [-0.39, 0.29) is 6.61 Å². The maximum Gasteiger partial charge on any atom is 0.204 e. The first-order chi connectivity index (χ1) is 11.7. The van der Waals surface area contributed by atoms with E-state index in [1.807, 2.05) is 6.07 Å². The standard InChI is InChI=1S/C14H14BrN3O.C3H9NO/c15-13-11-6-10(7-16)19-12(11)8-17-14(13)18-9-4-2-1-3-5-9;1-4-2-3-5/h6,8-9H,1-5H2,(H,17,18);4-5H,2-3H2,1H3. The second-order valence-corrected chi connectivity index (χ2v) is 6.52. The summed E-state index contributed by atoms with van der Waals surface area (Å²) in [7, 11) is 1.80. The maximum atomic E-state index is 8.86. The lowest BCUT2D eigenvalue weighted by molar-refractivity contribution is 0.296. The topological polar surface area (TPSA) is 94.1 Å². The lowest BCUT2D eigenvalue weighted by Gasteiger charge is -2.23. The van der Waals surface area contributed by atoms with Gasteiger partial charge in [-0.05, 0) is 35.8 Å². The van der Waals surface area contributed by atoms with E-state index in [2.05, 4.69) is 31.5 Å². The number of nitriles is 1. The predicted molar refractivity (Wildman–Crippen MR) is 97.9 cm³/mol. The molecule has 130 valence electrons. The molecule has 0 atom stereocenters. The minimum Gasteiger partial charge on any atom is -0.444 e. The van der Waals surface area contributed by atoms with Gasteiger partial charge in [0.2, 0.25) is 5.76 Å². The van der Waals surface area contributed by atoms with Crippen molar-refractivity contribution < 1.29 is 9.52 Å². The van der Waals surface area contributed by atoms with Crippen molar-refractivity contribution in [1.82, 2.24) is 10.3 Å². The fourth-order valence-electron chi connectivity index (χ4n) is 2.69. The van der Waals surface area contributed by atoms with Crippen molar-refractivity contribution in [3.8, 4) is 6.07 Å². The van der Waals surface area contributed by atoms with Gasteiger partial charge in [-0.3, -0.25) is 0 Å². The Morgan fingerprint density at radius 3 is 2.75 bits per heavy atom. The van der Waals surface area contributed by atoms with E-state index in [0.717, 1.165) is 15.7 Å². The number of hydrogen-bond acceptors (Lipinski definition) is 6. The summed E-state index contributed by atoms with van der Waals surface area (Å²) in [5, 5.41) is 24.0. The molecule has 6 nitrogen and oxygen atoms in total. The molecule has 1 fully saturated rings. The third kappa shape index (κ3) is 4.94. The summed E-state index contributed by atoms with van der Waals surface area (Å²) in [4.78, 5) is 4.39. The van der Waals surface area contributed by atoms with Gasteiger partial charge < -0.3 is 20.2 Å². The highest BCUT2D eigenvalue weighted by Crippen LogP contribution is 2.33. The Kier molecular flexibility index (Phi) is 7.50. The second-order valence-electron chi connectivity index (χ2n) is 5.73. The van der Waals surface area contributed by atoms with E-state index in [0.29, 0.717) is 23.9 Å². The van der Waals surface area contributed by atoms with Crippen LogP contribution in [-0.4, -0.2) is 36.3 Å². The highest BCUT2D eigenvalue weighted by molar-refractivity contribution is 9.10. The van der Waals surface area contributed by atoms with E-state index in [9.17, 15) is 0 Å². The lowest BCUT2D eigenvalue weighted by Crippen LogP contribution is -2.23. The van der Waals surface area contributed by atoms with Crippen LogP contribution in [0.1, 0.15) is 37.9 Å². The molecule has 0 unspecified atom stereocenters. The largest absolute Gasteiger partial charge is 0.444 e. The molecule has 0 saturated heterocycles. The van der Waals surface area contributed by atoms with E-state index in [4.69, 9.17) is 14.8 Å². The number of nitrogens with one attached hydrogen (secondary N) is 2. The van der Waals surface area contributed by atoms with Crippen LogP contribution in [0.2, 0.25) is 0 Å². The first-order valence-electron chi connectivity index (χ1n) is 8.19. The number of hydrogen-bond donors (Lipinski definition) is 3. The first-order valence-corrected chi connectivity index (χ1v) is 8.99. The Labute approximate surface area is 150 Å². The van der Waals surface area contributed by atoms with E-state index >= 15 is 0 Å². The Hall–Kier alpha value is -1.62. The summed E-state index contributed by atoms with van der Waals surface area (Å²) in [6.07, 6.45) is 7.96. The van der Waals surface area contributed by atoms with Crippen molar-refractivity contribution in [3.63, 3.8) is 0 Å². The zero-order valence-corrected chi connectivity index (χ0v) is 15.4. The number of likely N-dealkylation sites (N-methyl/N-ethyl adjacent to an activating group) is 1. The summed E-state index contributed by atoms with van der Waals surface area (Å²) < 4.78 is 6.24. The Balaban J connectivity index is 0.000000368. The SMILES string of the molecule is CNCCO.N#Cc1cc2c(Br)c(NC3CCCCC3)ncc2o1. The molecule has 3 rings (SSSR count). The number of pyridine rings is 1. The van der Waals surface area contributed by atoms with Crippen molar-refractivity contribution in [2.75, 3.05) is 25.5 Å². The number of anilines is 1. The molecule has 2 aromatic heterocycles. The molecule has 1 aliphatic carbocycles. The van der Waals surface area contributed by atoms with Crippen LogP contribution in [0.4, 0.5) is 5.82 Å². The second kappa shape index (κ2) is 9.62. The number of aliphatic hydroxyl groups excluding tert-OH is 1. The van der Waals surface area contributed by atoms with Crippen LogP contribution in [0, 0.1) is 11.3 Å². The molecule has 0 bridgehead atoms. The molecule has 2 heterocycles. The molecular formula is C17H23BrN4O2. The third-order valence-electron chi connectivity index (χ3n) is 3.93. The van der Waals surface area contributed by atoms with Crippen molar-refractivity contribution in [2.24, 2.45) is 0 Å². The molecule has 0 spiro atoms. The van der Waals surface area contributed by atoms with Gasteiger partial charge in [0.05, 0.1) is 17.3 Å². The molecule has 0 radical (unpaired) electrons. The minimum atomic E-state index is 0.233. The summed E-state index contributed by atoms with van der Waals surface area (Å²) >= 11 is 3.56. The molecular weight excluding hydrogens is 372 g/mol. The molecule has 1 aliphatic rings. The smallest absolute Gasteiger partial charge is 0.204 e. The fourth-order valence-corrected chi connectivity index (χ4v) is 3.21. The van der Waals surface area contributed by atoms with Gasteiger partial charge in [0, 0.05) is 24.0 Å². The zero-order valence-electron chi connectivity index (χ0n) is 13.8. The monoisotopic (exact) mass is 394 g/mol. The van der Waals surface area contributed by atoms with E-state index < -0.39 is 0 Å². The molecule has 0 aromatic carbocycles. The van der Waals surface area contributed by atoms with Crippen molar-refractivity contribution >= 4 is 32.7 Å². The van der Waals surface area contributed by atoms with Crippen LogP contribution in [0.3, 0.4) is 0 Å². The number of aromatic nitrogens is 1. The number of halogens is 1. The molecule has 0 amide bonds. The van der Waals surface area contributed by atoms with Crippen LogP contribution in [0.25, 0.3) is 11.0 Å². The Morgan fingerprint density at radius 1 is 1.42 bits per heavy atom. The average Bonchev–Trinajstić information content (AvgIpc) is 3.04. The van der Waals surface area contributed by atoms with E-state index in [1.165, 1.54) is 32.1 Å². The normalized spacial score (nSPS) is 14.8. The third-order valence-corrected chi connectivity index (χ3v) is 4.74. The minimum absolute atomic E-state index is 0.233. The summed E-state index contributed by atoms with van der Waals surface area (Å²) in [5.74, 6) is 1.15. The average molecular weight is 395 g/mol. The van der Waals surface area contributed by atoms with Crippen LogP contribution in [0.5, 0.6) is 0 Å². The molecule has 24 heavy (non-hydrogen) atoms. The molecule has 2 aromatic rings. The summed E-state index contributed by atoms with van der Waals surface area (Å²) in [6.45, 7) is 0.927. The summed E-state index contributed by atoms with van der Waals surface area (Å²) in [5.41, 5.74) is 0.637. The first kappa shape index (κ1) is 18.7. The van der Waals surface area contributed by atoms with Gasteiger partial charge in [-0.25, -0.2) is 4.98 Å². The van der Waals surface area contributed by atoms with Crippen molar-refractivity contribution in [3.05, 3.63) is 22.5 Å². The van der Waals surface area contributed by atoms with Gasteiger partial charge in [-0.15, -0.1) is 0 Å². The van der Waals surface area contributed by atoms with Gasteiger partial charge >= 0.3 is 0 Å². The van der Waals surface area contributed by atoms with Gasteiger partial charge in [-0.2, -0.15) is 5.26 Å². The molecule has 0 aliphatic heterocycles. The molecule has 1 saturated carbocycles. The number of nitrogens with zero attached hydrogens (tertiary/aromatic N) is 2. The Bertz CT molecular complexity index is 688. The van der Waals surface area contributed by atoms with Crippen molar-refractivity contribution in [1.29, 1.82) is 5.26 Å². The number of rotatable bonds is 4. The number of aliphatic hydroxyl groups is 1. The molecule has 7 heteroatoms. The quantitative estimate of drug-likeness (QED) is 0.735. The highest BCUT2D eigenvalue weighted by Gasteiger charge is 2.17. The highest BCUT2D eigenvalue weighted by atomic mass is 79.9. The number of furan rings is 1. The lowest BCUT2D eigenvalue weighted by atomic mass is 9.95. The molecule has 3 N–H and O–H groups in total. The number of fused-ring (bicyclic) bond motifs is 1. The Morgan fingerprint density at radius 2 is 2.17 bits per heavy atom. The van der Waals surface area contributed by atoms with Crippen LogP contribution in [0.15, 0.2) is 21.2 Å². The van der Waals surface area contributed by atoms with Gasteiger partial charge in [0.15, 0.2) is 5.58 Å². The summed E-state index contributed by atoms with van der Waals surface area (Å²) in [6, 6.07) is 4.25. The van der Waals surface area contributed by atoms with Gasteiger partial charge in [-0.1, -0.05) is 19.3 Å². The van der Waals surface area contributed by atoms with Crippen molar-refractivity contribution in [2.45, 2.75) is 38.1 Å². The van der Waals surface area contributed by atoms with Gasteiger partial charge in [0.1, 0.15) is 11.9 Å². The van der Waals surface area contributed by atoms with Crippen LogP contribution in [-0.2, 0) is 0 Å². The predicted octanol–water partition coefficient (Wildman–Crippen LogP) is 3.40.